The van der Waals surface area contributed by atoms with Crippen LogP contribution in [0.15, 0.2) is 18.2 Å². The summed E-state index contributed by atoms with van der Waals surface area (Å²) in [5, 5.41) is 2.47. The van der Waals surface area contributed by atoms with E-state index in [9.17, 15) is 18.0 Å². The van der Waals surface area contributed by atoms with Crippen molar-refractivity contribution in [1.29, 1.82) is 0 Å². The number of methoxy groups -OCH3 is 1. The van der Waals surface area contributed by atoms with Crippen LogP contribution >= 0.6 is 0 Å². The van der Waals surface area contributed by atoms with Crippen LogP contribution in [0, 0.1) is 5.82 Å². The van der Waals surface area contributed by atoms with Crippen molar-refractivity contribution >= 4 is 5.91 Å². The molecule has 2 aliphatic rings. The largest absolute Gasteiger partial charge is 0.494 e. The van der Waals surface area contributed by atoms with Gasteiger partial charge in [-0.25, -0.2) is 4.39 Å². The fourth-order valence-electron chi connectivity index (χ4n) is 2.75. The summed E-state index contributed by atoms with van der Waals surface area (Å²) < 4.78 is 47.0. The summed E-state index contributed by atoms with van der Waals surface area (Å²) in [5.74, 6) is -6.21. The molecule has 23 heavy (non-hydrogen) atoms. The molecule has 7 heteroatoms. The van der Waals surface area contributed by atoms with Crippen LogP contribution in [0.2, 0.25) is 0 Å². The second kappa shape index (κ2) is 5.70. The Bertz CT molecular complexity index is 613. The lowest BCUT2D eigenvalue weighted by Gasteiger charge is -2.35. The van der Waals surface area contributed by atoms with Gasteiger partial charge in [0.1, 0.15) is 0 Å². The highest BCUT2D eigenvalue weighted by atomic mass is 19.3. The number of hydrogen-bond donors (Lipinski definition) is 1. The van der Waals surface area contributed by atoms with Gasteiger partial charge in [0.15, 0.2) is 11.6 Å². The zero-order chi connectivity index (χ0) is 16.7. The number of alkyl halides is 2. The van der Waals surface area contributed by atoms with Crippen LogP contribution in [-0.4, -0.2) is 43.1 Å². The Labute approximate surface area is 132 Å². The highest BCUT2D eigenvalue weighted by Gasteiger charge is 2.51. The Morgan fingerprint density at radius 3 is 2.57 bits per heavy atom. The maximum Gasteiger partial charge on any atom is 0.349 e. The molecule has 0 radical (unpaired) electrons. The molecule has 1 amide bonds. The number of benzene rings is 1. The second-order valence-electron chi connectivity index (χ2n) is 6.29. The average Bonchev–Trinajstić information content (AvgIpc) is 3.22. The minimum Gasteiger partial charge on any atom is -0.494 e. The second-order valence-corrected chi connectivity index (χ2v) is 6.29. The summed E-state index contributed by atoms with van der Waals surface area (Å²) in [5.41, 5.74) is -1.22. The van der Waals surface area contributed by atoms with E-state index in [1.165, 1.54) is 7.11 Å². The van der Waals surface area contributed by atoms with E-state index in [2.05, 4.69) is 10.2 Å². The van der Waals surface area contributed by atoms with E-state index in [-0.39, 0.29) is 5.75 Å². The zero-order valence-corrected chi connectivity index (χ0v) is 12.9. The summed E-state index contributed by atoms with van der Waals surface area (Å²) in [6.45, 7) is 2.49. The number of nitrogens with one attached hydrogen (secondary N) is 1. The molecule has 1 aromatic rings. The van der Waals surface area contributed by atoms with E-state index in [1.807, 2.05) is 0 Å². The number of halogens is 3. The van der Waals surface area contributed by atoms with Crippen molar-refractivity contribution in [3.05, 3.63) is 29.6 Å². The van der Waals surface area contributed by atoms with Crippen LogP contribution in [0.4, 0.5) is 13.2 Å². The maximum atomic E-state index is 14.3. The molecular weight excluding hydrogens is 309 g/mol. The predicted octanol–water partition coefficient (Wildman–Crippen LogP) is 2.28. The van der Waals surface area contributed by atoms with Crippen molar-refractivity contribution in [1.82, 2.24) is 10.2 Å². The minimum atomic E-state index is -3.78. The lowest BCUT2D eigenvalue weighted by Crippen LogP contribution is -2.53. The first-order chi connectivity index (χ1) is 10.9. The average molecular weight is 328 g/mol. The van der Waals surface area contributed by atoms with E-state index in [0.717, 1.165) is 31.6 Å². The van der Waals surface area contributed by atoms with Crippen LogP contribution < -0.4 is 10.1 Å². The Morgan fingerprint density at radius 2 is 2.09 bits per heavy atom. The van der Waals surface area contributed by atoms with Crippen molar-refractivity contribution < 1.29 is 22.7 Å². The monoisotopic (exact) mass is 328 g/mol. The molecule has 0 bridgehead atoms. The fraction of sp³-hybridized carbons (Fsp3) is 0.562. The molecule has 1 aliphatic heterocycles. The summed E-state index contributed by atoms with van der Waals surface area (Å²) in [6.07, 6.45) is 2.50. The van der Waals surface area contributed by atoms with Gasteiger partial charge in [-0.2, -0.15) is 8.78 Å². The number of rotatable bonds is 6. The van der Waals surface area contributed by atoms with Gasteiger partial charge in [0, 0.05) is 12.1 Å². The number of nitrogens with zero attached hydrogens (tertiary/aromatic N) is 1. The normalized spacial score (nSPS) is 19.8. The molecule has 1 aromatic carbocycles. The molecule has 0 unspecified atom stereocenters. The molecule has 2 fully saturated rings. The molecule has 126 valence electrons. The summed E-state index contributed by atoms with van der Waals surface area (Å²) in [6, 6.07) is 2.75. The third-order valence-electron chi connectivity index (χ3n) is 4.51. The van der Waals surface area contributed by atoms with Gasteiger partial charge in [-0.15, -0.1) is 0 Å². The molecule has 0 aromatic heterocycles. The molecule has 1 heterocycles. The molecule has 1 saturated carbocycles. The SMILES string of the molecule is COc1ccc(C(F)(F)C(=O)NC2(CN3CCC3)CC2)cc1F. The van der Waals surface area contributed by atoms with Crippen molar-refractivity contribution in [2.24, 2.45) is 0 Å². The van der Waals surface area contributed by atoms with Gasteiger partial charge in [-0.05, 0) is 50.6 Å². The Balaban J connectivity index is 1.71. The molecule has 1 N–H and O–H groups in total. The van der Waals surface area contributed by atoms with Crippen LogP contribution in [0.3, 0.4) is 0 Å². The molecule has 0 spiro atoms. The van der Waals surface area contributed by atoms with E-state index in [0.29, 0.717) is 25.5 Å². The molecular formula is C16H19F3N2O2. The molecule has 3 rings (SSSR count). The minimum absolute atomic E-state index is 0.138. The smallest absolute Gasteiger partial charge is 0.349 e. The fourth-order valence-corrected chi connectivity index (χ4v) is 2.75. The lowest BCUT2D eigenvalue weighted by molar-refractivity contribution is -0.148. The van der Waals surface area contributed by atoms with Gasteiger partial charge >= 0.3 is 5.92 Å². The number of carbonyl (C=O) groups is 1. The van der Waals surface area contributed by atoms with Gasteiger partial charge in [0.05, 0.1) is 12.6 Å². The van der Waals surface area contributed by atoms with Gasteiger partial charge in [0.2, 0.25) is 0 Å². The maximum absolute atomic E-state index is 14.3. The summed E-state index contributed by atoms with van der Waals surface area (Å²) >= 11 is 0. The van der Waals surface area contributed by atoms with Crippen molar-refractivity contribution in [2.75, 3.05) is 26.7 Å². The van der Waals surface area contributed by atoms with Crippen LogP contribution in [0.1, 0.15) is 24.8 Å². The summed E-state index contributed by atoms with van der Waals surface area (Å²) in [7, 11) is 1.25. The zero-order valence-electron chi connectivity index (χ0n) is 12.9. The molecule has 4 nitrogen and oxygen atoms in total. The van der Waals surface area contributed by atoms with Gasteiger partial charge in [0.25, 0.3) is 5.91 Å². The highest BCUT2D eigenvalue weighted by Crippen LogP contribution is 2.39. The molecule has 0 atom stereocenters. The van der Waals surface area contributed by atoms with Crippen molar-refractivity contribution in [2.45, 2.75) is 30.7 Å². The first-order valence-electron chi connectivity index (χ1n) is 7.63. The van der Waals surface area contributed by atoms with Gasteiger partial charge in [-0.1, -0.05) is 0 Å². The first kappa shape index (κ1) is 16.1. The number of ether oxygens (including phenoxy) is 1. The van der Waals surface area contributed by atoms with Crippen molar-refractivity contribution in [3.63, 3.8) is 0 Å². The standard InChI is InChI=1S/C16H19F3N2O2/c1-23-13-4-3-11(9-12(13)17)16(18,19)14(22)20-15(5-6-15)10-21-7-2-8-21/h3-4,9H,2,5-8,10H2,1H3,(H,20,22). The third-order valence-corrected chi connectivity index (χ3v) is 4.51. The topological polar surface area (TPSA) is 41.6 Å². The molecule has 1 aliphatic carbocycles. The van der Waals surface area contributed by atoms with Crippen LogP contribution in [0.25, 0.3) is 0 Å². The third kappa shape index (κ3) is 3.15. The molecule has 1 saturated heterocycles. The number of amides is 1. The Kier molecular flexibility index (Phi) is 4.00. The quantitative estimate of drug-likeness (QED) is 0.871. The van der Waals surface area contributed by atoms with E-state index in [4.69, 9.17) is 4.74 Å². The first-order valence-corrected chi connectivity index (χ1v) is 7.63. The Morgan fingerprint density at radius 1 is 1.39 bits per heavy atom. The number of likely N-dealkylation sites (tertiary alicyclic amines) is 1. The summed E-state index contributed by atoms with van der Waals surface area (Å²) in [4.78, 5) is 14.2. The van der Waals surface area contributed by atoms with Gasteiger partial charge in [-0.3, -0.25) is 4.79 Å². The van der Waals surface area contributed by atoms with Crippen molar-refractivity contribution in [3.8, 4) is 5.75 Å². The Hall–Kier alpha value is -1.76. The van der Waals surface area contributed by atoms with Crippen LogP contribution in [-0.2, 0) is 10.7 Å². The number of hydrogen-bond acceptors (Lipinski definition) is 3. The van der Waals surface area contributed by atoms with Gasteiger partial charge < -0.3 is 15.0 Å². The van der Waals surface area contributed by atoms with E-state index in [1.54, 1.807) is 0 Å². The highest BCUT2D eigenvalue weighted by molar-refractivity contribution is 5.85. The predicted molar refractivity (Wildman–Crippen MR) is 78.0 cm³/mol. The number of carbonyl (C=O) groups excluding carboxylic acids is 1. The van der Waals surface area contributed by atoms with Crippen LogP contribution in [0.5, 0.6) is 5.75 Å². The lowest BCUT2D eigenvalue weighted by atomic mass is 10.1. The van der Waals surface area contributed by atoms with E-state index < -0.39 is 28.7 Å². The van der Waals surface area contributed by atoms with E-state index >= 15 is 0 Å².